The van der Waals surface area contributed by atoms with E-state index in [1.807, 2.05) is 12.1 Å². The summed E-state index contributed by atoms with van der Waals surface area (Å²) in [7, 11) is 0. The Kier molecular flexibility index (Phi) is 3.94. The second-order valence-corrected chi connectivity index (χ2v) is 5.71. The number of amides is 1. The third-order valence-corrected chi connectivity index (χ3v) is 3.94. The molecule has 2 aromatic carbocycles. The first-order valence-corrected chi connectivity index (χ1v) is 7.31. The van der Waals surface area contributed by atoms with Gasteiger partial charge in [-0.1, -0.05) is 29.8 Å². The van der Waals surface area contributed by atoms with Gasteiger partial charge in [-0.05, 0) is 41.8 Å². The van der Waals surface area contributed by atoms with Crippen molar-refractivity contribution in [3.8, 4) is 0 Å². The largest absolute Gasteiger partial charge is 0.274 e. The number of benzene rings is 2. The summed E-state index contributed by atoms with van der Waals surface area (Å²) in [5.74, 6) is -0.531. The van der Waals surface area contributed by atoms with Gasteiger partial charge in [0.25, 0.3) is 0 Å². The Balaban J connectivity index is 2.04. The van der Waals surface area contributed by atoms with Gasteiger partial charge in [0.2, 0.25) is 5.91 Å². The number of fused-ring (bicyclic) bond motifs is 1. The second kappa shape index (κ2) is 5.89. The molecule has 0 saturated heterocycles. The number of halogens is 2. The number of carbonyl (C=O) groups excluding carboxylic acids is 1. The quantitative estimate of drug-likeness (QED) is 0.844. The minimum Gasteiger partial charge on any atom is -0.274 e. The first-order chi connectivity index (χ1) is 10.5. The molecular formula is C17H14ClFN2O. The Morgan fingerprint density at radius 3 is 2.68 bits per heavy atom. The first kappa shape index (κ1) is 14.7. The third kappa shape index (κ3) is 2.88. The van der Waals surface area contributed by atoms with E-state index in [0.717, 1.165) is 28.8 Å². The van der Waals surface area contributed by atoms with Crippen molar-refractivity contribution in [2.45, 2.75) is 19.3 Å². The average Bonchev–Trinajstić information content (AvgIpc) is 2.83. The molecule has 0 radical (unpaired) electrons. The molecule has 0 spiro atoms. The Hall–Kier alpha value is -2.20. The Bertz CT molecular complexity index is 756. The Labute approximate surface area is 132 Å². The number of nitrogens with zero attached hydrogens (tertiary/aromatic N) is 1. The summed E-state index contributed by atoms with van der Waals surface area (Å²) in [4.78, 5) is 11.2. The highest BCUT2D eigenvalue weighted by Crippen LogP contribution is 2.35. The molecule has 5 heteroatoms. The molecule has 0 heterocycles. The van der Waals surface area contributed by atoms with Gasteiger partial charge in [0.15, 0.2) is 0 Å². The molecule has 0 aliphatic heterocycles. The minimum atomic E-state index is -0.275. The van der Waals surface area contributed by atoms with E-state index >= 15 is 0 Å². The molecule has 22 heavy (non-hydrogen) atoms. The van der Waals surface area contributed by atoms with Crippen LogP contribution in [0.4, 0.5) is 4.39 Å². The number of nitrogens with one attached hydrogen (secondary N) is 1. The molecule has 0 saturated carbocycles. The van der Waals surface area contributed by atoms with Crippen LogP contribution in [0, 0.1) is 5.82 Å². The fourth-order valence-electron chi connectivity index (χ4n) is 2.73. The molecular weight excluding hydrogens is 303 g/mol. The summed E-state index contributed by atoms with van der Waals surface area (Å²) in [6.07, 6.45) is 0.722. The second-order valence-electron chi connectivity index (χ2n) is 5.27. The highest BCUT2D eigenvalue weighted by atomic mass is 35.5. The van der Waals surface area contributed by atoms with E-state index in [1.54, 1.807) is 18.2 Å². The molecule has 1 atom stereocenters. The molecule has 0 fully saturated rings. The zero-order valence-electron chi connectivity index (χ0n) is 11.9. The average molecular weight is 317 g/mol. The maximum atomic E-state index is 13.1. The molecule has 1 aliphatic carbocycles. The van der Waals surface area contributed by atoms with Crippen LogP contribution >= 0.6 is 11.6 Å². The van der Waals surface area contributed by atoms with E-state index in [1.165, 1.54) is 19.1 Å². The zero-order chi connectivity index (χ0) is 15.7. The lowest BCUT2D eigenvalue weighted by molar-refractivity contribution is -0.118. The lowest BCUT2D eigenvalue weighted by atomic mass is 9.95. The van der Waals surface area contributed by atoms with Crippen molar-refractivity contribution < 1.29 is 9.18 Å². The maximum Gasteiger partial charge on any atom is 0.236 e. The number of carbonyl (C=O) groups is 1. The van der Waals surface area contributed by atoms with Crippen LogP contribution in [0.3, 0.4) is 0 Å². The molecule has 1 unspecified atom stereocenters. The molecule has 1 amide bonds. The van der Waals surface area contributed by atoms with Crippen molar-refractivity contribution in [1.82, 2.24) is 5.43 Å². The summed E-state index contributed by atoms with van der Waals surface area (Å²) < 4.78 is 13.1. The van der Waals surface area contributed by atoms with Gasteiger partial charge in [0.05, 0.1) is 5.71 Å². The van der Waals surface area contributed by atoms with E-state index in [-0.39, 0.29) is 17.6 Å². The van der Waals surface area contributed by atoms with Crippen molar-refractivity contribution in [1.29, 1.82) is 0 Å². The molecule has 1 N–H and O–H groups in total. The van der Waals surface area contributed by atoms with E-state index in [0.29, 0.717) is 5.02 Å². The van der Waals surface area contributed by atoms with Crippen molar-refractivity contribution in [2.24, 2.45) is 5.10 Å². The van der Waals surface area contributed by atoms with Crippen LogP contribution in [0.2, 0.25) is 5.02 Å². The van der Waals surface area contributed by atoms with Crippen molar-refractivity contribution in [3.63, 3.8) is 0 Å². The van der Waals surface area contributed by atoms with Gasteiger partial charge in [-0.25, -0.2) is 9.82 Å². The van der Waals surface area contributed by atoms with E-state index in [2.05, 4.69) is 10.5 Å². The number of hydrazone groups is 1. The van der Waals surface area contributed by atoms with Gasteiger partial charge in [-0.2, -0.15) is 5.10 Å². The van der Waals surface area contributed by atoms with Gasteiger partial charge in [0, 0.05) is 23.4 Å². The van der Waals surface area contributed by atoms with Crippen LogP contribution in [0.5, 0.6) is 0 Å². The Morgan fingerprint density at radius 1 is 1.27 bits per heavy atom. The number of rotatable bonds is 2. The molecule has 1 aliphatic rings. The van der Waals surface area contributed by atoms with Crippen molar-refractivity contribution >= 4 is 23.2 Å². The summed E-state index contributed by atoms with van der Waals surface area (Å²) in [5.41, 5.74) is 6.26. The highest BCUT2D eigenvalue weighted by Gasteiger charge is 2.30. The highest BCUT2D eigenvalue weighted by molar-refractivity contribution is 6.31. The van der Waals surface area contributed by atoms with E-state index in [9.17, 15) is 9.18 Å². The maximum absolute atomic E-state index is 13.1. The van der Waals surface area contributed by atoms with Crippen LogP contribution in [0.1, 0.15) is 29.5 Å². The molecule has 3 rings (SSSR count). The van der Waals surface area contributed by atoms with Crippen LogP contribution in [-0.4, -0.2) is 11.6 Å². The normalized spacial score (nSPS) is 18.3. The molecule has 3 nitrogen and oxygen atoms in total. The predicted octanol–water partition coefficient (Wildman–Crippen LogP) is 3.66. The topological polar surface area (TPSA) is 41.5 Å². The third-order valence-electron chi connectivity index (χ3n) is 3.70. The standard InChI is InChI=1S/C17H14ClFN2O/c1-10(22)20-21-17-15-7-4-13(18)8-12(15)9-16(17)11-2-5-14(19)6-3-11/h2-8,16H,9H2,1H3,(H,20,22)/b21-17-. The van der Waals surface area contributed by atoms with Gasteiger partial charge in [0.1, 0.15) is 5.82 Å². The number of hydrogen-bond acceptors (Lipinski definition) is 2. The predicted molar refractivity (Wildman–Crippen MR) is 84.7 cm³/mol. The van der Waals surface area contributed by atoms with Crippen LogP contribution in [-0.2, 0) is 11.2 Å². The van der Waals surface area contributed by atoms with E-state index < -0.39 is 0 Å². The van der Waals surface area contributed by atoms with Gasteiger partial charge in [-0.15, -0.1) is 0 Å². The fourth-order valence-corrected chi connectivity index (χ4v) is 2.93. The molecule has 112 valence electrons. The number of hydrogen-bond donors (Lipinski definition) is 1. The fraction of sp³-hybridized carbons (Fsp3) is 0.176. The zero-order valence-corrected chi connectivity index (χ0v) is 12.7. The smallest absolute Gasteiger partial charge is 0.236 e. The Morgan fingerprint density at radius 2 is 2.00 bits per heavy atom. The molecule has 2 aromatic rings. The van der Waals surface area contributed by atoms with E-state index in [4.69, 9.17) is 11.6 Å². The monoisotopic (exact) mass is 316 g/mol. The summed E-state index contributed by atoms with van der Waals surface area (Å²) in [6.45, 7) is 1.41. The van der Waals surface area contributed by atoms with Crippen LogP contribution < -0.4 is 5.43 Å². The summed E-state index contributed by atoms with van der Waals surface area (Å²) in [5, 5.41) is 4.92. The van der Waals surface area contributed by atoms with Gasteiger partial charge in [-0.3, -0.25) is 4.79 Å². The van der Waals surface area contributed by atoms with Gasteiger partial charge >= 0.3 is 0 Å². The summed E-state index contributed by atoms with van der Waals surface area (Å²) >= 11 is 6.05. The van der Waals surface area contributed by atoms with Crippen LogP contribution in [0.25, 0.3) is 0 Å². The van der Waals surface area contributed by atoms with Crippen LogP contribution in [0.15, 0.2) is 47.6 Å². The SMILES string of the molecule is CC(=O)N/N=C1/c2ccc(Cl)cc2CC1c1ccc(F)cc1. The first-order valence-electron chi connectivity index (χ1n) is 6.93. The molecule has 0 aromatic heterocycles. The van der Waals surface area contributed by atoms with Crippen molar-refractivity contribution in [2.75, 3.05) is 0 Å². The minimum absolute atomic E-state index is 0.0269. The molecule has 0 bridgehead atoms. The lowest BCUT2D eigenvalue weighted by Gasteiger charge is -2.12. The van der Waals surface area contributed by atoms with Crippen molar-refractivity contribution in [3.05, 3.63) is 70.0 Å². The van der Waals surface area contributed by atoms with Gasteiger partial charge < -0.3 is 0 Å². The lowest BCUT2D eigenvalue weighted by Crippen LogP contribution is -2.18. The summed E-state index contributed by atoms with van der Waals surface area (Å²) in [6, 6.07) is 12.0.